The monoisotopic (exact) mass is 1920 g/mol. The van der Waals surface area contributed by atoms with Crippen LogP contribution in [0.1, 0.15) is 83.2 Å². The minimum Gasteiger partial charge on any atom is -0.461 e. The van der Waals surface area contributed by atoms with Crippen LogP contribution >= 0.6 is 0 Å². The Morgan fingerprint density at radius 2 is 0.535 bits per heavy atom. The van der Waals surface area contributed by atoms with Crippen LogP contribution in [0.3, 0.4) is 0 Å². The Hall–Kier alpha value is -16.4. The van der Waals surface area contributed by atoms with Crippen molar-refractivity contribution in [1.29, 1.82) is 0 Å². The molecule has 34 heteroatoms. The molecule has 0 radical (unpaired) electrons. The number of para-hydroxylation sites is 3. The molecule has 18 rings (SSSR count). The number of ether oxygens (including phenoxy) is 2. The third kappa shape index (κ3) is 24.8. The lowest BCUT2D eigenvalue weighted by atomic mass is 9.99. The van der Waals surface area contributed by atoms with Crippen molar-refractivity contribution < 1.29 is 81.4 Å². The van der Waals surface area contributed by atoms with Gasteiger partial charge in [-0.05, 0) is 74.7 Å². The van der Waals surface area contributed by atoms with Gasteiger partial charge in [0.15, 0.2) is 0 Å². The van der Waals surface area contributed by atoms with Gasteiger partial charge in [0.2, 0.25) is 76.8 Å². The first-order valence-corrected chi connectivity index (χ1v) is 47.7. The van der Waals surface area contributed by atoms with Crippen LogP contribution in [0.4, 0.5) is 0 Å². The van der Waals surface area contributed by atoms with E-state index in [2.05, 4.69) is 68.1 Å². The summed E-state index contributed by atoms with van der Waals surface area (Å²) in [5.74, 6) is -7.69. The van der Waals surface area contributed by atoms with Crippen LogP contribution in [-0.2, 0) is 139 Å². The van der Waals surface area contributed by atoms with Crippen molar-refractivity contribution in [3.63, 3.8) is 0 Å². The van der Waals surface area contributed by atoms with E-state index in [0.29, 0.717) is 0 Å². The van der Waals surface area contributed by atoms with E-state index in [4.69, 9.17) is 15.2 Å². The molecular formula is C108H113N17O17. The van der Waals surface area contributed by atoms with Gasteiger partial charge in [-0.3, -0.25) is 71.9 Å². The van der Waals surface area contributed by atoms with Crippen molar-refractivity contribution >= 4 is 121 Å². The number of hydrogen-bond donors (Lipinski definition) is 14. The van der Waals surface area contributed by atoms with Crippen LogP contribution in [-0.4, -0.2) is 235 Å². The molecule has 9 aromatic carbocycles. The van der Waals surface area contributed by atoms with E-state index in [9.17, 15) is 71.9 Å². The first-order valence-electron chi connectivity index (χ1n) is 47.7. The molecule has 15 atom stereocenters. The van der Waals surface area contributed by atoms with Gasteiger partial charge >= 0.3 is 11.9 Å². The van der Waals surface area contributed by atoms with Gasteiger partial charge in [-0.25, -0.2) is 0 Å². The number of aromatic nitrogens is 3. The first-order chi connectivity index (χ1) is 68.8. The van der Waals surface area contributed by atoms with Crippen LogP contribution in [0.5, 0.6) is 0 Å². The van der Waals surface area contributed by atoms with Gasteiger partial charge in [0, 0.05) is 148 Å². The molecule has 0 saturated carbocycles. The zero-order chi connectivity index (χ0) is 99.5. The van der Waals surface area contributed by atoms with Gasteiger partial charge in [0.25, 0.3) is 0 Å². The largest absolute Gasteiger partial charge is 0.461 e. The van der Waals surface area contributed by atoms with Gasteiger partial charge in [0.1, 0.15) is 84.7 Å². The van der Waals surface area contributed by atoms with E-state index in [1.807, 2.05) is 261 Å². The lowest BCUT2D eigenvalue weighted by Gasteiger charge is -2.32. The Morgan fingerprint density at radius 3 is 0.817 bits per heavy atom. The molecule has 13 amide bonds. The van der Waals surface area contributed by atoms with Crippen LogP contribution in [0, 0.1) is 0 Å². The standard InChI is InChI=1S/C36H38N6O6.C36H38N6O5.C36H37N5O6/c37-19-32(43)48-25-18-31-35(46)40-28(15-22-9-3-1-4-10-22)33(44)39-29(17-24-20-38-27-14-8-7-13-26(24)27)34(45)41-30(36(47)42(31)21-25)16-23-11-5-2-6-12-23;1-22(43)38-26-19-32-35(46)40-29(16-23-10-4-2-5-11-23)33(44)39-30(18-25-20-37-28-15-9-8-14-27(25)28)34(45)41-31(36(47)42(32)21-26)17-24-12-6-3-7-13-24;1-22(42)47-26-19-32-35(45)39-29(16-23-10-4-2-5-11-23)33(43)38-30(18-25-20-37-28-15-9-8-14-27(25)28)34(44)40-31(36(46)41(32)21-26)17-24-12-6-3-7-13-24/h1-14,20,25,28-31,38H,15-19,21,37H2,(H,39,44)(H,40,46)(H,41,45);2-15,20,26,29-32,37H,16-19,21H2,1H3,(H,38,43)(H,39,44)(H,40,46)(H,41,45);2-15,20,26,29-32,37H,16-19,21H2,1H3,(H,38,43)(H,39,45)(H,40,44)/t25-,28+,29-,30+,31-;2*26-,29+,30-,31+,32-/m111/s1. The van der Waals surface area contributed by atoms with E-state index in [-0.39, 0.29) is 109 Å². The molecule has 15 N–H and O–H groups in total. The Kier molecular flexibility index (Phi) is 31.9. The minimum absolute atomic E-state index is 0.0121. The molecule has 0 bridgehead atoms. The van der Waals surface area contributed by atoms with Crippen LogP contribution in [0.2, 0.25) is 0 Å². The fourth-order valence-electron chi connectivity index (χ4n) is 19.5. The van der Waals surface area contributed by atoms with E-state index in [1.165, 1.54) is 28.5 Å². The average molecular weight is 1920 g/mol. The quantitative estimate of drug-likeness (QED) is 0.0392. The second-order valence-electron chi connectivity index (χ2n) is 36.6. The lowest BCUT2D eigenvalue weighted by molar-refractivity contribution is -0.148. The summed E-state index contributed by atoms with van der Waals surface area (Å²) < 4.78 is 10.9. The summed E-state index contributed by atoms with van der Waals surface area (Å²) in [6.45, 7) is 2.30. The van der Waals surface area contributed by atoms with Crippen molar-refractivity contribution in [2.45, 2.75) is 182 Å². The van der Waals surface area contributed by atoms with Crippen molar-refractivity contribution in [1.82, 2.24) is 82.8 Å². The summed E-state index contributed by atoms with van der Waals surface area (Å²) in [5, 5.41) is 31.6. The molecule has 3 aromatic heterocycles. The molecule has 0 spiro atoms. The van der Waals surface area contributed by atoms with Crippen LogP contribution in [0.25, 0.3) is 32.7 Å². The number of carbonyl (C=O) groups excluding carboxylic acids is 15. The highest BCUT2D eigenvalue weighted by atomic mass is 16.5. The Morgan fingerprint density at radius 1 is 0.296 bits per heavy atom. The van der Waals surface area contributed by atoms with Gasteiger partial charge in [0.05, 0.1) is 19.6 Å². The van der Waals surface area contributed by atoms with Crippen molar-refractivity contribution in [3.05, 3.63) is 323 Å². The number of nitrogens with two attached hydrogens (primary N) is 1. The van der Waals surface area contributed by atoms with Gasteiger partial charge in [-0.15, -0.1) is 0 Å². The van der Waals surface area contributed by atoms with E-state index in [1.54, 1.807) is 12.4 Å². The zero-order valence-electron chi connectivity index (χ0n) is 78.3. The van der Waals surface area contributed by atoms with Crippen LogP contribution in [0.15, 0.2) is 273 Å². The number of aromatic amines is 3. The highest BCUT2D eigenvalue weighted by Gasteiger charge is 2.50. The molecule has 0 aliphatic carbocycles. The highest BCUT2D eigenvalue weighted by molar-refractivity contribution is 6.03. The molecule has 732 valence electrons. The molecule has 9 heterocycles. The Bertz CT molecular complexity index is 6330. The number of nitrogens with one attached hydrogen (secondary N) is 13. The molecule has 0 unspecified atom stereocenters. The summed E-state index contributed by atoms with van der Waals surface area (Å²) in [5.41, 5.74) is 15.4. The molecule has 6 aliphatic rings. The maximum Gasteiger partial charge on any atom is 0.320 e. The number of esters is 2. The topological polar surface area (TPSA) is 478 Å². The predicted molar refractivity (Wildman–Crippen MR) is 527 cm³/mol. The zero-order valence-corrected chi connectivity index (χ0v) is 78.3. The normalized spacial score (nSPS) is 23.5. The van der Waals surface area contributed by atoms with Gasteiger partial charge in [-0.1, -0.05) is 237 Å². The smallest absolute Gasteiger partial charge is 0.320 e. The van der Waals surface area contributed by atoms with E-state index >= 15 is 0 Å². The molecular weight excluding hydrogens is 1810 g/mol. The molecule has 6 aliphatic heterocycles. The summed E-state index contributed by atoms with van der Waals surface area (Å²) >= 11 is 0. The second-order valence-corrected chi connectivity index (χ2v) is 36.6. The SMILES string of the molecule is CC(=O)N[C@@H]1C[C@@H]2C(=O)N[C@@H](Cc3ccccc3)C(=O)N[C@H](Cc3c[nH]c4ccccc34)C(=O)N[C@@H](Cc3ccccc3)C(=O)N2C1.CC(=O)O[C@@H]1C[C@@H]2C(=O)N[C@@H](Cc3ccccc3)C(=O)N[C@H](Cc3c[nH]c4ccccc34)C(=O)N[C@@H](Cc3ccccc3)C(=O)N2C1.NCC(=O)O[C@@H]1C[C@@H]2C(=O)N[C@@H](Cc3ccccc3)C(=O)N[C@H](Cc3c[nH]c4ccccc34)C(=O)N[C@@H](Cc3ccccc3)C(=O)N2C1. The maximum absolute atomic E-state index is 14.3. The predicted octanol–water partition coefficient (Wildman–Crippen LogP) is 5.10. The lowest BCUT2D eigenvalue weighted by Crippen LogP contribution is -2.62. The van der Waals surface area contributed by atoms with Crippen molar-refractivity contribution in [2.75, 3.05) is 26.2 Å². The minimum atomic E-state index is -1.08. The Labute approximate surface area is 818 Å². The summed E-state index contributed by atoms with van der Waals surface area (Å²) in [6, 6.07) is 65.4. The van der Waals surface area contributed by atoms with Crippen molar-refractivity contribution in [3.8, 4) is 0 Å². The first kappa shape index (κ1) is 98.7. The van der Waals surface area contributed by atoms with Crippen LogP contribution < -0.4 is 58.9 Å². The van der Waals surface area contributed by atoms with E-state index in [0.717, 1.165) is 82.8 Å². The second kappa shape index (κ2) is 45.9. The number of amides is 13. The fourth-order valence-corrected chi connectivity index (χ4v) is 19.5. The third-order valence-electron chi connectivity index (χ3n) is 26.4. The number of benzene rings is 9. The Balaban J connectivity index is 0.000000153. The number of H-pyrrole nitrogens is 3. The highest BCUT2D eigenvalue weighted by Crippen LogP contribution is 2.31. The van der Waals surface area contributed by atoms with Gasteiger partial charge < -0.3 is 98.0 Å². The molecule has 6 saturated heterocycles. The van der Waals surface area contributed by atoms with Crippen molar-refractivity contribution in [2.24, 2.45) is 5.73 Å². The maximum atomic E-state index is 14.3. The molecule has 142 heavy (non-hydrogen) atoms. The third-order valence-corrected chi connectivity index (χ3v) is 26.4. The number of carbonyl (C=O) groups is 15. The van der Waals surface area contributed by atoms with E-state index < -0.39 is 174 Å². The summed E-state index contributed by atoms with van der Waals surface area (Å²) in [6.07, 6.45) is 5.49. The number of fused-ring (bicyclic) bond motifs is 6. The summed E-state index contributed by atoms with van der Waals surface area (Å²) in [4.78, 5) is 219. The van der Waals surface area contributed by atoms with Gasteiger partial charge in [-0.2, -0.15) is 0 Å². The molecule has 34 nitrogen and oxygen atoms in total. The average Bonchev–Trinajstić information content (AvgIpc) is 1.58. The fraction of sp³-hybridized carbons (Fsp3) is 0.306. The molecule has 6 fully saturated rings. The number of hydrogen-bond acceptors (Lipinski definition) is 18. The summed E-state index contributed by atoms with van der Waals surface area (Å²) in [7, 11) is 0. The number of nitrogens with zero attached hydrogens (tertiary/aromatic N) is 3. The molecule has 12 aromatic rings. The number of rotatable bonds is 22.